The van der Waals surface area contributed by atoms with Gasteiger partial charge in [-0.2, -0.15) is 12.7 Å². The van der Waals surface area contributed by atoms with Crippen LogP contribution in [0.4, 0.5) is 5.13 Å². The maximum atomic E-state index is 13.2. The van der Waals surface area contributed by atoms with E-state index in [-0.39, 0.29) is 11.7 Å². The fourth-order valence-corrected chi connectivity index (χ4v) is 9.55. The molecule has 2 aromatic heterocycles. The zero-order valence-electron chi connectivity index (χ0n) is 27.0. The minimum Gasteiger partial charge on any atom is -0.489 e. The van der Waals surface area contributed by atoms with Gasteiger partial charge in [0.1, 0.15) is 22.7 Å². The van der Waals surface area contributed by atoms with Gasteiger partial charge in [-0.1, -0.05) is 45.8 Å². The molecule has 48 heavy (non-hydrogen) atoms. The molecule has 4 heterocycles. The van der Waals surface area contributed by atoms with E-state index in [0.717, 1.165) is 96.9 Å². The summed E-state index contributed by atoms with van der Waals surface area (Å²) in [6.07, 6.45) is 7.55. The van der Waals surface area contributed by atoms with Gasteiger partial charge in [-0.25, -0.2) is 9.71 Å². The molecular weight excluding hydrogens is 693 g/mol. The highest BCUT2D eigenvalue weighted by Crippen LogP contribution is 2.47. The first-order chi connectivity index (χ1) is 23.1. The van der Waals surface area contributed by atoms with Crippen molar-refractivity contribution >= 4 is 66.0 Å². The zero-order chi connectivity index (χ0) is 33.6. The lowest BCUT2D eigenvalue weighted by Crippen LogP contribution is -2.42. The van der Waals surface area contributed by atoms with Gasteiger partial charge in [0.25, 0.3) is 5.91 Å². The first-order valence-electron chi connectivity index (χ1n) is 16.7. The second-order valence-electron chi connectivity index (χ2n) is 13.2. The SMILES string of the molecule is CC(C)Oc1cc(C(=O)NS(=O)(=O)N2CCCC2)cc2sc(N3CCC(CCc4c(-c5c(Cl)cccc5Cl)noc4C4CC4)CC3)nc12. The summed E-state index contributed by atoms with van der Waals surface area (Å²) in [5.41, 5.74) is 3.54. The molecule has 2 saturated heterocycles. The summed E-state index contributed by atoms with van der Waals surface area (Å²) in [5.74, 6) is 1.73. The predicted molar refractivity (Wildman–Crippen MR) is 190 cm³/mol. The molecule has 1 saturated carbocycles. The summed E-state index contributed by atoms with van der Waals surface area (Å²) >= 11 is 14.6. The van der Waals surface area contributed by atoms with Crippen LogP contribution in [0.3, 0.4) is 0 Å². The molecular formula is C34H39Cl2N5O5S2. The Balaban J connectivity index is 1.05. The number of thiazole rings is 1. The molecule has 3 aliphatic rings. The normalized spacial score (nSPS) is 17.9. The summed E-state index contributed by atoms with van der Waals surface area (Å²) in [4.78, 5) is 20.4. The molecule has 0 radical (unpaired) electrons. The lowest BCUT2D eigenvalue weighted by molar-refractivity contribution is 0.0979. The number of anilines is 1. The van der Waals surface area contributed by atoms with Crippen LogP contribution < -0.4 is 14.4 Å². The fourth-order valence-electron chi connectivity index (χ4n) is 6.68. The van der Waals surface area contributed by atoms with E-state index < -0.39 is 16.1 Å². The first-order valence-corrected chi connectivity index (χ1v) is 19.7. The molecule has 0 unspecified atom stereocenters. The third kappa shape index (κ3) is 7.05. The molecule has 14 heteroatoms. The number of hydrogen-bond acceptors (Lipinski definition) is 9. The number of piperidine rings is 1. The fraction of sp³-hybridized carbons (Fsp3) is 0.500. The summed E-state index contributed by atoms with van der Waals surface area (Å²) < 4.78 is 41.9. The number of rotatable bonds is 11. The van der Waals surface area contributed by atoms with Crippen molar-refractivity contribution in [3.8, 4) is 17.0 Å². The van der Waals surface area contributed by atoms with Gasteiger partial charge < -0.3 is 14.2 Å². The first kappa shape index (κ1) is 33.6. The van der Waals surface area contributed by atoms with E-state index >= 15 is 0 Å². The second-order valence-corrected chi connectivity index (χ2v) is 16.7. The van der Waals surface area contributed by atoms with Crippen LogP contribution >= 0.6 is 34.5 Å². The number of amides is 1. The third-order valence-corrected chi connectivity index (χ3v) is 12.5. The van der Waals surface area contributed by atoms with Gasteiger partial charge in [0, 0.05) is 48.8 Å². The van der Waals surface area contributed by atoms with Crippen molar-refractivity contribution in [3.05, 3.63) is 57.3 Å². The maximum Gasteiger partial charge on any atom is 0.304 e. The van der Waals surface area contributed by atoms with Crippen LogP contribution in [0.25, 0.3) is 21.5 Å². The molecule has 10 nitrogen and oxygen atoms in total. The Bertz CT molecular complexity index is 1910. The highest BCUT2D eigenvalue weighted by atomic mass is 35.5. The summed E-state index contributed by atoms with van der Waals surface area (Å²) in [5, 5.41) is 6.47. The number of ether oxygens (including phenoxy) is 1. The van der Waals surface area contributed by atoms with E-state index in [1.807, 2.05) is 32.0 Å². The minimum atomic E-state index is -3.91. The summed E-state index contributed by atoms with van der Waals surface area (Å²) in [6, 6.07) is 8.82. The molecule has 0 spiro atoms. The molecule has 3 fully saturated rings. The molecule has 2 aliphatic heterocycles. The molecule has 0 atom stereocenters. The van der Waals surface area contributed by atoms with Gasteiger partial charge in [-0.05, 0) is 95.4 Å². The van der Waals surface area contributed by atoms with Crippen LogP contribution in [0, 0.1) is 5.92 Å². The predicted octanol–water partition coefficient (Wildman–Crippen LogP) is 7.84. The van der Waals surface area contributed by atoms with Crippen LogP contribution in [0.2, 0.25) is 10.0 Å². The Labute approximate surface area is 294 Å². The van der Waals surface area contributed by atoms with E-state index in [1.54, 1.807) is 12.1 Å². The van der Waals surface area contributed by atoms with E-state index in [9.17, 15) is 13.2 Å². The molecule has 1 aliphatic carbocycles. The zero-order valence-corrected chi connectivity index (χ0v) is 30.2. The van der Waals surface area contributed by atoms with Crippen molar-refractivity contribution in [2.75, 3.05) is 31.1 Å². The lowest BCUT2D eigenvalue weighted by Gasteiger charge is -2.31. The van der Waals surface area contributed by atoms with Crippen molar-refractivity contribution in [2.24, 2.45) is 5.92 Å². The number of nitrogens with one attached hydrogen (secondary N) is 1. The highest BCUT2D eigenvalue weighted by molar-refractivity contribution is 7.87. The number of fused-ring (bicyclic) bond motifs is 1. The number of carbonyl (C=O) groups excluding carboxylic acids is 1. The monoisotopic (exact) mass is 731 g/mol. The molecule has 2 aromatic carbocycles. The molecule has 7 rings (SSSR count). The van der Waals surface area contributed by atoms with Crippen LogP contribution in [0.1, 0.15) is 86.4 Å². The van der Waals surface area contributed by atoms with Crippen LogP contribution in [-0.4, -0.2) is 61.1 Å². The van der Waals surface area contributed by atoms with Gasteiger partial charge in [-0.3, -0.25) is 4.79 Å². The number of aromatic nitrogens is 2. The standard InChI is InChI=1S/C34H39Cl2N5O5S2/c1-20(2)45-27-18-23(33(42)39-48(43,44)41-14-3-4-15-41)19-28-31(27)37-34(47-28)40-16-12-21(13-17-40)8-11-24-30(38-46-32(24)22-9-10-22)29-25(35)6-5-7-26(29)36/h5-7,18-22H,3-4,8-17H2,1-2H3,(H,39,42). The van der Waals surface area contributed by atoms with Crippen molar-refractivity contribution in [3.63, 3.8) is 0 Å². The quantitative estimate of drug-likeness (QED) is 0.166. The topological polar surface area (TPSA) is 118 Å². The molecule has 1 amide bonds. The third-order valence-electron chi connectivity index (χ3n) is 9.35. The smallest absolute Gasteiger partial charge is 0.304 e. The van der Waals surface area contributed by atoms with Gasteiger partial charge in [0.15, 0.2) is 5.13 Å². The van der Waals surface area contributed by atoms with E-state index in [0.29, 0.717) is 46.2 Å². The summed E-state index contributed by atoms with van der Waals surface area (Å²) in [7, 11) is -3.91. The largest absolute Gasteiger partial charge is 0.489 e. The van der Waals surface area contributed by atoms with Gasteiger partial charge in [-0.15, -0.1) is 0 Å². The summed E-state index contributed by atoms with van der Waals surface area (Å²) in [6.45, 7) is 6.36. The average molecular weight is 733 g/mol. The Kier molecular flexibility index (Phi) is 9.64. The average Bonchev–Trinajstić information content (AvgIpc) is 3.40. The van der Waals surface area contributed by atoms with Crippen LogP contribution in [0.15, 0.2) is 34.9 Å². The molecule has 4 aromatic rings. The Morgan fingerprint density at radius 3 is 2.46 bits per heavy atom. The number of hydrogen-bond donors (Lipinski definition) is 1. The van der Waals surface area contributed by atoms with Crippen molar-refractivity contribution in [1.82, 2.24) is 19.2 Å². The van der Waals surface area contributed by atoms with Crippen molar-refractivity contribution in [2.45, 2.75) is 77.2 Å². The second kappa shape index (κ2) is 13.8. The number of nitrogens with zero attached hydrogens (tertiary/aromatic N) is 4. The molecule has 1 N–H and O–H groups in total. The van der Waals surface area contributed by atoms with Crippen molar-refractivity contribution < 1.29 is 22.5 Å². The van der Waals surface area contributed by atoms with Gasteiger partial charge in [0.2, 0.25) is 0 Å². The number of carbonyl (C=O) groups is 1. The Hall–Kier alpha value is -2.90. The maximum absolute atomic E-state index is 13.2. The van der Waals surface area contributed by atoms with Gasteiger partial charge in [0.05, 0.1) is 20.8 Å². The lowest BCUT2D eigenvalue weighted by atomic mass is 9.89. The minimum absolute atomic E-state index is 0.152. The van der Waals surface area contributed by atoms with Crippen LogP contribution in [-0.2, 0) is 16.6 Å². The molecule has 0 bridgehead atoms. The highest BCUT2D eigenvalue weighted by Gasteiger charge is 2.34. The number of benzene rings is 2. The van der Waals surface area contributed by atoms with Crippen molar-refractivity contribution in [1.29, 1.82) is 0 Å². The van der Waals surface area contributed by atoms with E-state index in [2.05, 4.69) is 14.8 Å². The Morgan fingerprint density at radius 1 is 1.08 bits per heavy atom. The van der Waals surface area contributed by atoms with E-state index in [4.69, 9.17) is 37.4 Å². The molecule has 256 valence electrons. The Morgan fingerprint density at radius 2 is 1.79 bits per heavy atom. The number of halogens is 2. The van der Waals surface area contributed by atoms with E-state index in [1.165, 1.54) is 15.6 Å². The van der Waals surface area contributed by atoms with Crippen LogP contribution in [0.5, 0.6) is 5.75 Å². The van der Waals surface area contributed by atoms with Gasteiger partial charge >= 0.3 is 10.2 Å².